The molecule has 1 heterocycles. The Morgan fingerprint density at radius 2 is 1.83 bits per heavy atom. The van der Waals surface area contributed by atoms with E-state index in [4.69, 9.17) is 14.7 Å². The van der Waals surface area contributed by atoms with Crippen LogP contribution in [0.3, 0.4) is 0 Å². The van der Waals surface area contributed by atoms with E-state index in [9.17, 15) is 0 Å². The van der Waals surface area contributed by atoms with Gasteiger partial charge in [0.1, 0.15) is 17.4 Å². The van der Waals surface area contributed by atoms with E-state index in [1.165, 1.54) is 24.0 Å². The van der Waals surface area contributed by atoms with Crippen molar-refractivity contribution in [3.05, 3.63) is 83.3 Å². The van der Waals surface area contributed by atoms with Crippen LogP contribution in [0.1, 0.15) is 47.4 Å². The molecule has 1 atom stereocenters. The summed E-state index contributed by atoms with van der Waals surface area (Å²) >= 11 is 0. The highest BCUT2D eigenvalue weighted by Crippen LogP contribution is 2.38. The lowest BCUT2D eigenvalue weighted by molar-refractivity contribution is 0.413. The van der Waals surface area contributed by atoms with Gasteiger partial charge < -0.3 is 15.0 Å². The number of benzene rings is 2. The summed E-state index contributed by atoms with van der Waals surface area (Å²) in [6.07, 6.45) is 3.22. The molecule has 5 heteroatoms. The normalized spacial score (nSPS) is 14.4. The minimum atomic E-state index is 0.161. The second-order valence-electron chi connectivity index (χ2n) is 8.14. The molecule has 30 heavy (non-hydrogen) atoms. The summed E-state index contributed by atoms with van der Waals surface area (Å²) in [6.45, 7) is 0.762. The molecule has 1 N–H and O–H groups in total. The van der Waals surface area contributed by atoms with Crippen LogP contribution < -0.4 is 15.0 Å². The molecular formula is C25H30N4O. The van der Waals surface area contributed by atoms with Gasteiger partial charge in [-0.1, -0.05) is 42.5 Å². The van der Waals surface area contributed by atoms with Crippen LogP contribution in [0.5, 0.6) is 5.75 Å². The Balaban J connectivity index is 1.57. The van der Waals surface area contributed by atoms with Crippen molar-refractivity contribution in [3.8, 4) is 5.75 Å². The quantitative estimate of drug-likeness (QED) is 0.571. The van der Waals surface area contributed by atoms with E-state index in [0.717, 1.165) is 36.1 Å². The fourth-order valence-electron chi connectivity index (χ4n) is 3.59. The molecular weight excluding hydrogens is 372 g/mol. The van der Waals surface area contributed by atoms with E-state index in [0.29, 0.717) is 5.92 Å². The predicted molar refractivity (Wildman–Crippen MR) is 121 cm³/mol. The van der Waals surface area contributed by atoms with Crippen molar-refractivity contribution in [1.29, 1.82) is 0 Å². The van der Waals surface area contributed by atoms with Crippen molar-refractivity contribution in [3.63, 3.8) is 0 Å². The molecule has 0 unspecified atom stereocenters. The van der Waals surface area contributed by atoms with Crippen molar-refractivity contribution < 1.29 is 4.74 Å². The number of aromatic nitrogens is 2. The Morgan fingerprint density at radius 3 is 2.53 bits per heavy atom. The van der Waals surface area contributed by atoms with Crippen molar-refractivity contribution in [2.24, 2.45) is 0 Å². The largest absolute Gasteiger partial charge is 0.497 e. The molecule has 1 aliphatic rings. The lowest BCUT2D eigenvalue weighted by atomic mass is 10.0. The average Bonchev–Trinajstić information content (AvgIpc) is 3.62. The van der Waals surface area contributed by atoms with Gasteiger partial charge in [-0.25, -0.2) is 9.97 Å². The summed E-state index contributed by atoms with van der Waals surface area (Å²) in [6, 6.07) is 21.1. The SMILES string of the molecule is COc1cccc(CN[C@@H](Cc2cc(N(C)C)nc(C3CC3)n2)c2ccccc2)c1. The van der Waals surface area contributed by atoms with Crippen LogP contribution in [-0.4, -0.2) is 31.2 Å². The summed E-state index contributed by atoms with van der Waals surface area (Å²) in [5.41, 5.74) is 3.55. The Bertz CT molecular complexity index is 950. The monoisotopic (exact) mass is 402 g/mol. The summed E-state index contributed by atoms with van der Waals surface area (Å²) < 4.78 is 5.37. The highest BCUT2D eigenvalue weighted by atomic mass is 16.5. The van der Waals surface area contributed by atoms with Crippen molar-refractivity contribution >= 4 is 5.82 Å². The number of methoxy groups -OCH3 is 1. The number of nitrogens with zero attached hydrogens (tertiary/aromatic N) is 3. The molecule has 1 saturated carbocycles. The summed E-state index contributed by atoms with van der Waals surface area (Å²) in [5.74, 6) is 3.40. The molecule has 2 aromatic carbocycles. The lowest BCUT2D eigenvalue weighted by Gasteiger charge is -2.21. The second-order valence-corrected chi connectivity index (χ2v) is 8.14. The fraction of sp³-hybridized carbons (Fsp3) is 0.360. The van der Waals surface area contributed by atoms with E-state index >= 15 is 0 Å². The zero-order valence-corrected chi connectivity index (χ0v) is 18.0. The third kappa shape index (κ3) is 5.16. The van der Waals surface area contributed by atoms with E-state index in [1.54, 1.807) is 7.11 Å². The van der Waals surface area contributed by atoms with Crippen LogP contribution in [0.4, 0.5) is 5.82 Å². The van der Waals surface area contributed by atoms with Gasteiger partial charge in [0, 0.05) is 50.8 Å². The average molecular weight is 403 g/mol. The number of ether oxygens (including phenoxy) is 1. The van der Waals surface area contributed by atoms with Gasteiger partial charge in [0.25, 0.3) is 0 Å². The first-order valence-corrected chi connectivity index (χ1v) is 10.6. The van der Waals surface area contributed by atoms with Gasteiger partial charge in [0.05, 0.1) is 7.11 Å². The summed E-state index contributed by atoms with van der Waals surface area (Å²) in [5, 5.41) is 3.74. The number of nitrogens with one attached hydrogen (secondary N) is 1. The molecule has 1 aliphatic carbocycles. The van der Waals surface area contributed by atoms with Crippen LogP contribution in [0.2, 0.25) is 0 Å². The molecule has 4 rings (SSSR count). The van der Waals surface area contributed by atoms with Crippen LogP contribution in [0.15, 0.2) is 60.7 Å². The first kappa shape index (κ1) is 20.4. The van der Waals surface area contributed by atoms with Crippen molar-refractivity contribution in [2.75, 3.05) is 26.1 Å². The molecule has 0 radical (unpaired) electrons. The number of hydrogen-bond donors (Lipinski definition) is 1. The Morgan fingerprint density at radius 1 is 1.03 bits per heavy atom. The Hall–Kier alpha value is -2.92. The molecule has 3 aromatic rings. The molecule has 0 bridgehead atoms. The lowest BCUT2D eigenvalue weighted by Crippen LogP contribution is -2.24. The van der Waals surface area contributed by atoms with Gasteiger partial charge in [0.2, 0.25) is 0 Å². The zero-order chi connectivity index (χ0) is 20.9. The van der Waals surface area contributed by atoms with E-state index in [2.05, 4.69) is 58.7 Å². The van der Waals surface area contributed by atoms with Gasteiger partial charge in [-0.2, -0.15) is 0 Å². The van der Waals surface area contributed by atoms with Crippen LogP contribution in [0, 0.1) is 0 Å². The zero-order valence-electron chi connectivity index (χ0n) is 18.0. The number of anilines is 1. The predicted octanol–water partition coefficient (Wildman–Crippen LogP) is 4.50. The topological polar surface area (TPSA) is 50.3 Å². The Labute approximate surface area is 179 Å². The van der Waals surface area contributed by atoms with Gasteiger partial charge >= 0.3 is 0 Å². The molecule has 156 valence electrons. The number of rotatable bonds is 9. The molecule has 0 saturated heterocycles. The Kier molecular flexibility index (Phi) is 6.29. The fourth-order valence-corrected chi connectivity index (χ4v) is 3.59. The van der Waals surface area contributed by atoms with Gasteiger partial charge in [-0.05, 0) is 36.1 Å². The molecule has 0 aliphatic heterocycles. The third-order valence-electron chi connectivity index (χ3n) is 5.49. The van der Waals surface area contributed by atoms with Crippen molar-refractivity contribution in [1.82, 2.24) is 15.3 Å². The molecule has 0 spiro atoms. The maximum Gasteiger partial charge on any atom is 0.134 e. The first-order chi connectivity index (χ1) is 14.6. The highest BCUT2D eigenvalue weighted by Gasteiger charge is 2.28. The summed E-state index contributed by atoms with van der Waals surface area (Å²) in [7, 11) is 5.78. The van der Waals surface area contributed by atoms with Gasteiger partial charge in [0.15, 0.2) is 0 Å². The molecule has 1 aromatic heterocycles. The van der Waals surface area contributed by atoms with E-state index in [-0.39, 0.29) is 6.04 Å². The van der Waals surface area contributed by atoms with Crippen molar-refractivity contribution in [2.45, 2.75) is 37.8 Å². The first-order valence-electron chi connectivity index (χ1n) is 10.6. The maximum atomic E-state index is 5.37. The second kappa shape index (κ2) is 9.26. The van der Waals surface area contributed by atoms with Crippen LogP contribution in [0.25, 0.3) is 0 Å². The molecule has 1 fully saturated rings. The molecule has 5 nitrogen and oxygen atoms in total. The van der Waals surface area contributed by atoms with Crippen LogP contribution in [-0.2, 0) is 13.0 Å². The van der Waals surface area contributed by atoms with Crippen LogP contribution >= 0.6 is 0 Å². The van der Waals surface area contributed by atoms with Gasteiger partial charge in [-0.15, -0.1) is 0 Å². The minimum Gasteiger partial charge on any atom is -0.497 e. The smallest absolute Gasteiger partial charge is 0.134 e. The van der Waals surface area contributed by atoms with E-state index in [1.807, 2.05) is 26.2 Å². The third-order valence-corrected chi connectivity index (χ3v) is 5.49. The molecule has 0 amide bonds. The van der Waals surface area contributed by atoms with Gasteiger partial charge in [-0.3, -0.25) is 0 Å². The summed E-state index contributed by atoms with van der Waals surface area (Å²) in [4.78, 5) is 11.8. The minimum absolute atomic E-state index is 0.161. The highest BCUT2D eigenvalue weighted by molar-refractivity contribution is 5.39. The maximum absolute atomic E-state index is 5.37. The van der Waals surface area contributed by atoms with E-state index < -0.39 is 0 Å². The standard InChI is InChI=1S/C25H30N4O/c1-29(2)24-16-21(27-25(28-24)20-12-13-20)15-23(19-9-5-4-6-10-19)26-17-18-8-7-11-22(14-18)30-3/h4-11,14,16,20,23,26H,12-13,15,17H2,1-3H3/t23-/m0/s1. The number of hydrogen-bond acceptors (Lipinski definition) is 5.